The van der Waals surface area contributed by atoms with Crippen LogP contribution in [0.1, 0.15) is 26.7 Å². The van der Waals surface area contributed by atoms with Gasteiger partial charge in [0.2, 0.25) is 0 Å². The predicted octanol–water partition coefficient (Wildman–Crippen LogP) is 2.47. The van der Waals surface area contributed by atoms with E-state index < -0.39 is 5.79 Å². The molecule has 1 fully saturated rings. The second-order valence-electron chi connectivity index (χ2n) is 5.69. The Hall–Kier alpha value is -0.590. The van der Waals surface area contributed by atoms with E-state index in [1.54, 1.807) is 0 Å². The molecule has 0 saturated carbocycles. The van der Waals surface area contributed by atoms with Crippen molar-refractivity contribution in [1.29, 1.82) is 0 Å². The summed E-state index contributed by atoms with van der Waals surface area (Å²) in [7, 11) is 0. The van der Waals surface area contributed by atoms with Crippen molar-refractivity contribution in [2.24, 2.45) is 5.92 Å². The summed E-state index contributed by atoms with van der Waals surface area (Å²) in [4.78, 5) is 13.9. The quantitative estimate of drug-likeness (QED) is 0.850. The molecule has 2 rings (SSSR count). The van der Waals surface area contributed by atoms with Crippen LogP contribution in [0.2, 0.25) is 0 Å². The van der Waals surface area contributed by atoms with Crippen molar-refractivity contribution >= 4 is 22.0 Å². The van der Waals surface area contributed by atoms with E-state index in [-0.39, 0.29) is 6.03 Å². The number of nitrogens with zero attached hydrogens (tertiary/aromatic N) is 1. The van der Waals surface area contributed by atoms with Gasteiger partial charge in [-0.3, -0.25) is 0 Å². The van der Waals surface area contributed by atoms with Crippen LogP contribution in [-0.4, -0.2) is 49.6 Å². The van der Waals surface area contributed by atoms with E-state index in [1.165, 1.54) is 0 Å². The fourth-order valence-corrected chi connectivity index (χ4v) is 3.16. The lowest BCUT2D eigenvalue weighted by atomic mass is 10.0. The number of amides is 2. The summed E-state index contributed by atoms with van der Waals surface area (Å²) in [6, 6.07) is 0.000289. The highest BCUT2D eigenvalue weighted by atomic mass is 79.9. The molecule has 6 heteroatoms. The van der Waals surface area contributed by atoms with E-state index in [9.17, 15) is 4.79 Å². The molecule has 0 aromatic carbocycles. The SMILES string of the molecule is CC(CNC(=O)N1CCC=C(Br)C1)CC1(C)OCCO1. The number of halogens is 1. The molecule has 1 saturated heterocycles. The van der Waals surface area contributed by atoms with Crippen LogP contribution in [0.4, 0.5) is 4.79 Å². The second kappa shape index (κ2) is 6.91. The summed E-state index contributed by atoms with van der Waals surface area (Å²) in [5, 5.41) is 2.99. The van der Waals surface area contributed by atoms with Gasteiger partial charge in [-0.15, -0.1) is 0 Å². The van der Waals surface area contributed by atoms with Crippen molar-refractivity contribution in [3.63, 3.8) is 0 Å². The molecule has 114 valence electrons. The van der Waals surface area contributed by atoms with Crippen molar-refractivity contribution in [1.82, 2.24) is 10.2 Å². The summed E-state index contributed by atoms with van der Waals surface area (Å²) >= 11 is 3.45. The molecule has 0 bridgehead atoms. The van der Waals surface area contributed by atoms with Crippen LogP contribution in [0.25, 0.3) is 0 Å². The topological polar surface area (TPSA) is 50.8 Å². The Balaban J connectivity index is 1.71. The van der Waals surface area contributed by atoms with Crippen molar-refractivity contribution in [2.45, 2.75) is 32.5 Å². The number of ether oxygens (including phenoxy) is 2. The van der Waals surface area contributed by atoms with Gasteiger partial charge in [-0.1, -0.05) is 28.9 Å². The van der Waals surface area contributed by atoms with E-state index >= 15 is 0 Å². The lowest BCUT2D eigenvalue weighted by Crippen LogP contribution is -2.44. The molecule has 0 spiro atoms. The second-order valence-corrected chi connectivity index (χ2v) is 6.71. The number of urea groups is 1. The lowest BCUT2D eigenvalue weighted by Gasteiger charge is -2.28. The molecule has 2 aliphatic heterocycles. The molecule has 1 atom stereocenters. The molecule has 1 unspecified atom stereocenters. The molecule has 20 heavy (non-hydrogen) atoms. The molecule has 5 nitrogen and oxygen atoms in total. The zero-order valence-electron chi connectivity index (χ0n) is 12.2. The zero-order chi connectivity index (χ0) is 14.6. The van der Waals surface area contributed by atoms with Gasteiger partial charge in [0, 0.05) is 24.0 Å². The van der Waals surface area contributed by atoms with E-state index in [1.807, 2.05) is 11.8 Å². The molecule has 2 aliphatic rings. The first-order valence-corrected chi connectivity index (χ1v) is 7.93. The molecular formula is C14H23BrN2O3. The van der Waals surface area contributed by atoms with Crippen LogP contribution in [0.15, 0.2) is 10.6 Å². The van der Waals surface area contributed by atoms with E-state index in [2.05, 4.69) is 34.2 Å². The molecule has 0 aliphatic carbocycles. The fourth-order valence-electron chi connectivity index (χ4n) is 2.63. The van der Waals surface area contributed by atoms with Crippen LogP contribution in [-0.2, 0) is 9.47 Å². The Bertz CT molecular complexity index is 381. The number of nitrogens with one attached hydrogen (secondary N) is 1. The standard InChI is InChI=1S/C14H23BrN2O3/c1-11(8-14(2)19-6-7-20-14)9-16-13(18)17-5-3-4-12(15)10-17/h4,11H,3,5-10H2,1-2H3,(H,16,18). The Morgan fingerprint density at radius 2 is 2.25 bits per heavy atom. The minimum absolute atomic E-state index is 0.000289. The number of rotatable bonds is 4. The first kappa shape index (κ1) is 15.8. The summed E-state index contributed by atoms with van der Waals surface area (Å²) in [5.41, 5.74) is 0. The van der Waals surface area contributed by atoms with Gasteiger partial charge in [0.25, 0.3) is 0 Å². The highest BCUT2D eigenvalue weighted by Gasteiger charge is 2.32. The monoisotopic (exact) mass is 346 g/mol. The zero-order valence-corrected chi connectivity index (χ0v) is 13.7. The average Bonchev–Trinajstić information content (AvgIpc) is 2.82. The maximum Gasteiger partial charge on any atom is 0.317 e. The van der Waals surface area contributed by atoms with Crippen LogP contribution in [0.3, 0.4) is 0 Å². The molecular weight excluding hydrogens is 324 g/mol. The molecule has 1 N–H and O–H groups in total. The minimum atomic E-state index is -0.485. The van der Waals surface area contributed by atoms with E-state index in [0.29, 0.717) is 32.2 Å². The molecule has 2 heterocycles. The van der Waals surface area contributed by atoms with Gasteiger partial charge in [0.15, 0.2) is 5.79 Å². The van der Waals surface area contributed by atoms with Crippen LogP contribution < -0.4 is 5.32 Å². The average molecular weight is 347 g/mol. The third-order valence-corrected chi connectivity index (χ3v) is 4.19. The van der Waals surface area contributed by atoms with Gasteiger partial charge in [0.1, 0.15) is 0 Å². The summed E-state index contributed by atoms with van der Waals surface area (Å²) < 4.78 is 12.3. The molecule has 0 radical (unpaired) electrons. The summed E-state index contributed by atoms with van der Waals surface area (Å²) in [6.45, 7) is 7.45. The van der Waals surface area contributed by atoms with E-state index in [0.717, 1.165) is 23.9 Å². The fraction of sp³-hybridized carbons (Fsp3) is 0.786. The van der Waals surface area contributed by atoms with Crippen molar-refractivity contribution in [3.05, 3.63) is 10.6 Å². The molecule has 0 aromatic heterocycles. The van der Waals surface area contributed by atoms with Gasteiger partial charge in [-0.05, 0) is 19.3 Å². The number of hydrogen-bond acceptors (Lipinski definition) is 3. The number of hydrogen-bond donors (Lipinski definition) is 1. The van der Waals surface area contributed by atoms with Crippen LogP contribution in [0.5, 0.6) is 0 Å². The summed E-state index contributed by atoms with van der Waals surface area (Å²) in [5.74, 6) is -0.174. The van der Waals surface area contributed by atoms with Gasteiger partial charge < -0.3 is 19.7 Å². The third kappa shape index (κ3) is 4.46. The minimum Gasteiger partial charge on any atom is -0.348 e. The van der Waals surface area contributed by atoms with E-state index in [4.69, 9.17) is 9.47 Å². The molecule has 0 aromatic rings. The van der Waals surface area contributed by atoms with Gasteiger partial charge >= 0.3 is 6.03 Å². The third-order valence-electron chi connectivity index (χ3n) is 3.61. The summed E-state index contributed by atoms with van der Waals surface area (Å²) in [6.07, 6.45) is 3.81. The van der Waals surface area contributed by atoms with Crippen molar-refractivity contribution in [2.75, 3.05) is 32.8 Å². The Morgan fingerprint density at radius 1 is 1.55 bits per heavy atom. The normalized spacial score (nSPS) is 23.4. The number of carbonyl (C=O) groups excluding carboxylic acids is 1. The van der Waals surface area contributed by atoms with Crippen LogP contribution >= 0.6 is 15.9 Å². The Labute approximate surface area is 128 Å². The largest absolute Gasteiger partial charge is 0.348 e. The maximum atomic E-state index is 12.1. The Morgan fingerprint density at radius 3 is 2.90 bits per heavy atom. The molecule has 2 amide bonds. The first-order valence-electron chi connectivity index (χ1n) is 7.14. The Kier molecular flexibility index (Phi) is 5.46. The van der Waals surface area contributed by atoms with Gasteiger partial charge in [-0.2, -0.15) is 0 Å². The van der Waals surface area contributed by atoms with Crippen LogP contribution in [0, 0.1) is 5.92 Å². The maximum absolute atomic E-state index is 12.1. The lowest BCUT2D eigenvalue weighted by molar-refractivity contribution is -0.153. The van der Waals surface area contributed by atoms with Crippen molar-refractivity contribution < 1.29 is 14.3 Å². The smallest absolute Gasteiger partial charge is 0.317 e. The highest BCUT2D eigenvalue weighted by molar-refractivity contribution is 9.11. The predicted molar refractivity (Wildman–Crippen MR) is 80.7 cm³/mol. The highest BCUT2D eigenvalue weighted by Crippen LogP contribution is 2.26. The van der Waals surface area contributed by atoms with Gasteiger partial charge in [-0.25, -0.2) is 4.79 Å². The number of carbonyl (C=O) groups is 1. The van der Waals surface area contributed by atoms with Crippen molar-refractivity contribution in [3.8, 4) is 0 Å². The van der Waals surface area contributed by atoms with Gasteiger partial charge in [0.05, 0.1) is 19.8 Å². The first-order chi connectivity index (χ1) is 9.48.